The van der Waals surface area contributed by atoms with E-state index in [1.165, 1.54) is 6.07 Å². The largest absolute Gasteiger partial charge is 0.333 e. The van der Waals surface area contributed by atoms with Gasteiger partial charge in [0.05, 0.1) is 0 Å². The molecule has 1 aliphatic rings. The third-order valence-electron chi connectivity index (χ3n) is 3.44. The fraction of sp³-hybridized carbons (Fsp3) is 0.571. The maximum absolute atomic E-state index is 12.5. The highest BCUT2D eigenvalue weighted by Gasteiger charge is 2.25. The van der Waals surface area contributed by atoms with Crippen molar-refractivity contribution in [1.82, 2.24) is 15.2 Å². The van der Waals surface area contributed by atoms with Gasteiger partial charge in [-0.3, -0.25) is 9.59 Å². The minimum Gasteiger partial charge on any atom is -0.333 e. The van der Waals surface area contributed by atoms with Gasteiger partial charge in [0.2, 0.25) is 5.56 Å². The summed E-state index contributed by atoms with van der Waals surface area (Å²) in [5, 5.41) is 3.33. The van der Waals surface area contributed by atoms with Gasteiger partial charge in [0.15, 0.2) is 0 Å². The van der Waals surface area contributed by atoms with E-state index >= 15 is 0 Å². The van der Waals surface area contributed by atoms with Crippen LogP contribution in [0.4, 0.5) is 0 Å². The van der Waals surface area contributed by atoms with E-state index in [9.17, 15) is 9.59 Å². The van der Waals surface area contributed by atoms with Crippen molar-refractivity contribution in [3.05, 3.63) is 34.2 Å². The zero-order chi connectivity index (χ0) is 13.7. The van der Waals surface area contributed by atoms with E-state index in [-0.39, 0.29) is 17.5 Å². The summed E-state index contributed by atoms with van der Waals surface area (Å²) in [6, 6.07) is 4.94. The summed E-state index contributed by atoms with van der Waals surface area (Å²) in [7, 11) is 0. The topological polar surface area (TPSA) is 65.2 Å². The Hall–Kier alpha value is -1.62. The van der Waals surface area contributed by atoms with Crippen molar-refractivity contribution < 1.29 is 4.79 Å². The first-order chi connectivity index (χ1) is 9.22. The molecule has 0 aromatic carbocycles. The summed E-state index contributed by atoms with van der Waals surface area (Å²) in [4.78, 5) is 28.3. The first kappa shape index (κ1) is 13.8. The summed E-state index contributed by atoms with van der Waals surface area (Å²) in [5.74, 6) is -0.0757. The van der Waals surface area contributed by atoms with Gasteiger partial charge in [-0.1, -0.05) is 13.0 Å². The number of piperidine rings is 1. The Morgan fingerprint density at radius 3 is 2.95 bits per heavy atom. The van der Waals surface area contributed by atoms with Crippen LogP contribution in [0.3, 0.4) is 0 Å². The van der Waals surface area contributed by atoms with Gasteiger partial charge >= 0.3 is 0 Å². The standard InChI is InChI=1S/C14H21N3O2/c1-2-9-17(11-5-4-8-15-10-11)14(19)12-6-3-7-13(18)16-12/h3,6-7,11,15H,2,4-5,8-10H2,1H3,(H,16,18). The molecule has 1 saturated heterocycles. The van der Waals surface area contributed by atoms with Crippen LogP contribution in [0.5, 0.6) is 0 Å². The molecule has 2 rings (SSSR count). The molecule has 5 heteroatoms. The fourth-order valence-electron chi connectivity index (χ4n) is 2.52. The molecular formula is C14H21N3O2. The lowest BCUT2D eigenvalue weighted by molar-refractivity contribution is 0.0642. The van der Waals surface area contributed by atoms with Crippen molar-refractivity contribution in [2.75, 3.05) is 19.6 Å². The third-order valence-corrected chi connectivity index (χ3v) is 3.44. The van der Waals surface area contributed by atoms with Gasteiger partial charge in [-0.2, -0.15) is 0 Å². The highest BCUT2D eigenvalue weighted by Crippen LogP contribution is 2.13. The van der Waals surface area contributed by atoms with E-state index in [0.717, 1.165) is 38.9 Å². The van der Waals surface area contributed by atoms with Crippen LogP contribution in [0.2, 0.25) is 0 Å². The zero-order valence-electron chi connectivity index (χ0n) is 11.3. The number of amides is 1. The molecule has 2 N–H and O–H groups in total. The number of carbonyl (C=O) groups is 1. The molecule has 0 bridgehead atoms. The maximum Gasteiger partial charge on any atom is 0.270 e. The number of carbonyl (C=O) groups excluding carboxylic acids is 1. The number of H-pyrrole nitrogens is 1. The lowest BCUT2D eigenvalue weighted by Gasteiger charge is -2.34. The van der Waals surface area contributed by atoms with Crippen molar-refractivity contribution in [3.63, 3.8) is 0 Å². The predicted molar refractivity (Wildman–Crippen MR) is 74.3 cm³/mol. The van der Waals surface area contributed by atoms with Gasteiger partial charge in [0, 0.05) is 25.2 Å². The molecular weight excluding hydrogens is 242 g/mol. The summed E-state index contributed by atoms with van der Waals surface area (Å²) in [6.07, 6.45) is 3.03. The third kappa shape index (κ3) is 3.44. The first-order valence-corrected chi connectivity index (χ1v) is 6.93. The van der Waals surface area contributed by atoms with Gasteiger partial charge in [-0.25, -0.2) is 0 Å². The average molecular weight is 263 g/mol. The Bertz CT molecular complexity index is 478. The summed E-state index contributed by atoms with van der Waals surface area (Å²) < 4.78 is 0. The Balaban J connectivity index is 2.17. The molecule has 1 aliphatic heterocycles. The molecule has 1 aromatic rings. The van der Waals surface area contributed by atoms with E-state index in [0.29, 0.717) is 5.69 Å². The molecule has 1 fully saturated rings. The molecule has 1 unspecified atom stereocenters. The highest BCUT2D eigenvalue weighted by molar-refractivity contribution is 5.92. The molecule has 0 radical (unpaired) electrons. The minimum absolute atomic E-state index is 0.0757. The van der Waals surface area contributed by atoms with Crippen molar-refractivity contribution in [3.8, 4) is 0 Å². The second-order valence-corrected chi connectivity index (χ2v) is 4.93. The quantitative estimate of drug-likeness (QED) is 0.851. The van der Waals surface area contributed by atoms with Crippen LogP contribution in [0.1, 0.15) is 36.7 Å². The van der Waals surface area contributed by atoms with Crippen molar-refractivity contribution in [2.24, 2.45) is 0 Å². The van der Waals surface area contributed by atoms with Crippen LogP contribution < -0.4 is 10.9 Å². The van der Waals surface area contributed by atoms with E-state index < -0.39 is 0 Å². The maximum atomic E-state index is 12.5. The van der Waals surface area contributed by atoms with E-state index in [1.807, 2.05) is 4.90 Å². The fourth-order valence-corrected chi connectivity index (χ4v) is 2.52. The van der Waals surface area contributed by atoms with Crippen LogP contribution in [-0.4, -0.2) is 41.5 Å². The Morgan fingerprint density at radius 1 is 1.47 bits per heavy atom. The van der Waals surface area contributed by atoms with E-state index in [4.69, 9.17) is 0 Å². The lowest BCUT2D eigenvalue weighted by atomic mass is 10.0. The van der Waals surface area contributed by atoms with Gasteiger partial charge in [0.1, 0.15) is 5.69 Å². The van der Waals surface area contributed by atoms with E-state index in [1.54, 1.807) is 12.1 Å². The minimum atomic E-state index is -0.232. The Morgan fingerprint density at radius 2 is 2.32 bits per heavy atom. The predicted octanol–water partition coefficient (Wildman–Crippen LogP) is 0.979. The number of nitrogens with zero attached hydrogens (tertiary/aromatic N) is 1. The van der Waals surface area contributed by atoms with Crippen LogP contribution in [0.15, 0.2) is 23.0 Å². The monoisotopic (exact) mass is 263 g/mol. The SMILES string of the molecule is CCCN(C(=O)c1cccc(=O)[nH]1)C1CCCNC1. The van der Waals surface area contributed by atoms with Crippen molar-refractivity contribution in [1.29, 1.82) is 0 Å². The smallest absolute Gasteiger partial charge is 0.270 e. The number of aromatic nitrogens is 1. The number of aromatic amines is 1. The normalized spacial score (nSPS) is 19.1. The first-order valence-electron chi connectivity index (χ1n) is 6.93. The molecule has 0 saturated carbocycles. The summed E-state index contributed by atoms with van der Waals surface area (Å²) in [6.45, 7) is 4.64. The molecule has 19 heavy (non-hydrogen) atoms. The summed E-state index contributed by atoms with van der Waals surface area (Å²) in [5.41, 5.74) is 0.149. The van der Waals surface area contributed by atoms with Gasteiger partial charge in [-0.05, 0) is 31.9 Å². The molecule has 5 nitrogen and oxygen atoms in total. The lowest BCUT2D eigenvalue weighted by Crippen LogP contribution is -2.49. The number of pyridine rings is 1. The van der Waals surface area contributed by atoms with Crippen LogP contribution >= 0.6 is 0 Å². The molecule has 0 spiro atoms. The van der Waals surface area contributed by atoms with Crippen LogP contribution in [0.25, 0.3) is 0 Å². The number of hydrogen-bond donors (Lipinski definition) is 2. The van der Waals surface area contributed by atoms with E-state index in [2.05, 4.69) is 17.2 Å². The summed E-state index contributed by atoms with van der Waals surface area (Å²) >= 11 is 0. The second-order valence-electron chi connectivity index (χ2n) is 4.93. The van der Waals surface area contributed by atoms with Crippen LogP contribution in [0, 0.1) is 0 Å². The average Bonchev–Trinajstić information content (AvgIpc) is 2.45. The molecule has 1 aromatic heterocycles. The van der Waals surface area contributed by atoms with Gasteiger partial charge in [0.25, 0.3) is 5.91 Å². The Labute approximate surface area is 113 Å². The number of rotatable bonds is 4. The molecule has 1 amide bonds. The molecule has 0 aliphatic carbocycles. The van der Waals surface area contributed by atoms with Gasteiger partial charge < -0.3 is 15.2 Å². The zero-order valence-corrected chi connectivity index (χ0v) is 11.3. The Kier molecular flexibility index (Phi) is 4.74. The molecule has 1 atom stereocenters. The van der Waals surface area contributed by atoms with Gasteiger partial charge in [-0.15, -0.1) is 0 Å². The highest BCUT2D eigenvalue weighted by atomic mass is 16.2. The molecule has 2 heterocycles. The second kappa shape index (κ2) is 6.52. The van der Waals surface area contributed by atoms with Crippen LogP contribution in [-0.2, 0) is 0 Å². The molecule has 104 valence electrons. The number of hydrogen-bond acceptors (Lipinski definition) is 3. The number of nitrogens with one attached hydrogen (secondary N) is 2. The van der Waals surface area contributed by atoms with Crippen molar-refractivity contribution >= 4 is 5.91 Å². The van der Waals surface area contributed by atoms with Crippen molar-refractivity contribution in [2.45, 2.75) is 32.2 Å².